The fraction of sp³-hybridized carbons (Fsp3) is 0.667. The van der Waals surface area contributed by atoms with Crippen molar-refractivity contribution in [2.75, 3.05) is 13.2 Å². The van der Waals surface area contributed by atoms with Crippen LogP contribution in [0.1, 0.15) is 24.4 Å². The van der Waals surface area contributed by atoms with Crippen molar-refractivity contribution in [2.45, 2.75) is 38.3 Å². The molecule has 2 rings (SSSR count). The molecule has 0 amide bonds. The molecule has 0 spiro atoms. The largest absolute Gasteiger partial charge is 0.461 e. The molecule has 1 saturated heterocycles. The highest BCUT2D eigenvalue weighted by Gasteiger charge is 2.23. The molecule has 0 aliphatic carbocycles. The Balaban J connectivity index is 0.000000180. The van der Waals surface area contributed by atoms with Crippen LogP contribution < -0.4 is 0 Å². The fourth-order valence-corrected chi connectivity index (χ4v) is 1.64. The third kappa shape index (κ3) is 4.75. The zero-order valence-electron chi connectivity index (χ0n) is 10.2. The highest BCUT2D eigenvalue weighted by atomic mass is 16.5. The standard InChI is InChI=1S/C6H12O3.C6H8O3/c2*7-3-5-1-2-6(4-8)9-5/h5-8H,1-4H2;1-2,7-8H,3-4H2. The van der Waals surface area contributed by atoms with Crippen LogP contribution in [0, 0.1) is 0 Å². The van der Waals surface area contributed by atoms with Gasteiger partial charge in [0.2, 0.25) is 0 Å². The molecule has 1 aromatic heterocycles. The maximum absolute atomic E-state index is 8.57. The second-order valence-corrected chi connectivity index (χ2v) is 4.01. The lowest BCUT2D eigenvalue weighted by atomic mass is 10.2. The van der Waals surface area contributed by atoms with Crippen molar-refractivity contribution in [2.24, 2.45) is 0 Å². The molecule has 2 unspecified atom stereocenters. The minimum atomic E-state index is -0.111. The summed E-state index contributed by atoms with van der Waals surface area (Å²) in [6.07, 6.45) is 1.70. The molecule has 104 valence electrons. The lowest BCUT2D eigenvalue weighted by Crippen LogP contribution is -2.16. The van der Waals surface area contributed by atoms with Gasteiger partial charge in [-0.25, -0.2) is 0 Å². The van der Waals surface area contributed by atoms with Crippen molar-refractivity contribution in [1.82, 2.24) is 0 Å². The van der Waals surface area contributed by atoms with Gasteiger partial charge < -0.3 is 29.6 Å². The van der Waals surface area contributed by atoms with Crippen LogP contribution >= 0.6 is 0 Å². The normalized spacial score (nSPS) is 22.7. The van der Waals surface area contributed by atoms with Crippen molar-refractivity contribution in [1.29, 1.82) is 0 Å². The van der Waals surface area contributed by atoms with Gasteiger partial charge in [-0.1, -0.05) is 0 Å². The lowest BCUT2D eigenvalue weighted by molar-refractivity contribution is -0.0119. The number of hydrogen-bond donors (Lipinski definition) is 4. The maximum Gasteiger partial charge on any atom is 0.129 e. The summed E-state index contributed by atoms with van der Waals surface area (Å²) in [5.41, 5.74) is 0. The first-order valence-electron chi connectivity index (χ1n) is 5.90. The zero-order chi connectivity index (χ0) is 13.4. The molecule has 2 heterocycles. The molecule has 6 heteroatoms. The summed E-state index contributed by atoms with van der Waals surface area (Å²) in [4.78, 5) is 0. The van der Waals surface area contributed by atoms with E-state index in [1.54, 1.807) is 12.1 Å². The topological polar surface area (TPSA) is 103 Å². The van der Waals surface area contributed by atoms with Crippen molar-refractivity contribution in [3.63, 3.8) is 0 Å². The monoisotopic (exact) mass is 260 g/mol. The Morgan fingerprint density at radius 2 is 1.33 bits per heavy atom. The molecule has 1 aliphatic heterocycles. The zero-order valence-corrected chi connectivity index (χ0v) is 10.2. The molecule has 0 aromatic carbocycles. The van der Waals surface area contributed by atoms with Gasteiger partial charge in [0.1, 0.15) is 24.7 Å². The third-order valence-corrected chi connectivity index (χ3v) is 2.63. The van der Waals surface area contributed by atoms with Crippen LogP contribution in [0.15, 0.2) is 16.5 Å². The smallest absolute Gasteiger partial charge is 0.129 e. The van der Waals surface area contributed by atoms with E-state index in [0.29, 0.717) is 11.5 Å². The minimum Gasteiger partial charge on any atom is -0.461 e. The average Bonchev–Trinajstić information content (AvgIpc) is 3.07. The van der Waals surface area contributed by atoms with Gasteiger partial charge in [-0.2, -0.15) is 0 Å². The van der Waals surface area contributed by atoms with Crippen LogP contribution in [-0.4, -0.2) is 45.8 Å². The van der Waals surface area contributed by atoms with Gasteiger partial charge in [0, 0.05) is 0 Å². The minimum absolute atomic E-state index is 0.0258. The first-order valence-corrected chi connectivity index (χ1v) is 5.90. The molecule has 1 fully saturated rings. The summed E-state index contributed by atoms with van der Waals surface area (Å²) in [5.74, 6) is 0.970. The summed E-state index contributed by atoms with van der Waals surface area (Å²) in [6.45, 7) is -0.0625. The van der Waals surface area contributed by atoms with E-state index < -0.39 is 0 Å². The molecule has 1 aromatic rings. The average molecular weight is 260 g/mol. The number of aliphatic hydroxyl groups is 4. The Morgan fingerprint density at radius 1 is 0.889 bits per heavy atom. The van der Waals surface area contributed by atoms with Gasteiger partial charge in [-0.3, -0.25) is 0 Å². The number of furan rings is 1. The Hall–Kier alpha value is -0.920. The molecule has 1 aliphatic rings. The van der Waals surface area contributed by atoms with E-state index in [-0.39, 0.29) is 38.6 Å². The van der Waals surface area contributed by atoms with Gasteiger partial charge in [0.15, 0.2) is 0 Å². The Morgan fingerprint density at radius 3 is 1.56 bits per heavy atom. The van der Waals surface area contributed by atoms with Crippen molar-refractivity contribution >= 4 is 0 Å². The second-order valence-electron chi connectivity index (χ2n) is 4.01. The Kier molecular flexibility index (Phi) is 6.92. The van der Waals surface area contributed by atoms with E-state index in [1.807, 2.05) is 0 Å². The molecule has 0 saturated carbocycles. The molecule has 2 atom stereocenters. The first kappa shape index (κ1) is 15.1. The molecule has 4 N–H and O–H groups in total. The van der Waals surface area contributed by atoms with E-state index in [9.17, 15) is 0 Å². The predicted molar refractivity (Wildman–Crippen MR) is 62.6 cm³/mol. The lowest BCUT2D eigenvalue weighted by Gasteiger charge is -2.07. The number of hydrogen-bond acceptors (Lipinski definition) is 6. The van der Waals surface area contributed by atoms with Gasteiger partial charge >= 0.3 is 0 Å². The molecule has 0 radical (unpaired) electrons. The Labute approximate surface area is 105 Å². The van der Waals surface area contributed by atoms with Crippen LogP contribution in [-0.2, 0) is 18.0 Å². The fourth-order valence-electron chi connectivity index (χ4n) is 1.64. The van der Waals surface area contributed by atoms with Gasteiger partial charge in [-0.05, 0) is 25.0 Å². The Bertz CT molecular complexity index is 296. The first-order chi connectivity index (χ1) is 8.73. The molecular formula is C12H20O6. The predicted octanol–water partition coefficient (Wildman–Crippen LogP) is -0.217. The maximum atomic E-state index is 8.57. The van der Waals surface area contributed by atoms with Crippen molar-refractivity contribution in [3.8, 4) is 0 Å². The van der Waals surface area contributed by atoms with E-state index >= 15 is 0 Å². The molecular weight excluding hydrogens is 240 g/mol. The van der Waals surface area contributed by atoms with Crippen LogP contribution in [0.3, 0.4) is 0 Å². The van der Waals surface area contributed by atoms with E-state index in [4.69, 9.17) is 29.6 Å². The summed E-state index contributed by atoms with van der Waals surface area (Å²) < 4.78 is 10.0. The van der Waals surface area contributed by atoms with E-state index in [1.165, 1.54) is 0 Å². The summed E-state index contributed by atoms with van der Waals surface area (Å²) in [7, 11) is 0. The number of rotatable bonds is 4. The summed E-state index contributed by atoms with van der Waals surface area (Å²) in [6, 6.07) is 3.26. The summed E-state index contributed by atoms with van der Waals surface area (Å²) >= 11 is 0. The van der Waals surface area contributed by atoms with Gasteiger partial charge in [0.05, 0.1) is 25.4 Å². The summed E-state index contributed by atoms with van der Waals surface area (Å²) in [5, 5.41) is 34.1. The molecule has 6 nitrogen and oxygen atoms in total. The van der Waals surface area contributed by atoms with Crippen LogP contribution in [0.5, 0.6) is 0 Å². The molecule has 18 heavy (non-hydrogen) atoms. The van der Waals surface area contributed by atoms with E-state index in [2.05, 4.69) is 0 Å². The second kappa shape index (κ2) is 8.23. The van der Waals surface area contributed by atoms with E-state index in [0.717, 1.165) is 12.8 Å². The molecule has 0 bridgehead atoms. The van der Waals surface area contributed by atoms with Gasteiger partial charge in [0.25, 0.3) is 0 Å². The van der Waals surface area contributed by atoms with Gasteiger partial charge in [-0.15, -0.1) is 0 Å². The highest BCUT2D eigenvalue weighted by Crippen LogP contribution is 2.18. The van der Waals surface area contributed by atoms with Crippen LogP contribution in [0.4, 0.5) is 0 Å². The van der Waals surface area contributed by atoms with Crippen LogP contribution in [0.2, 0.25) is 0 Å². The number of ether oxygens (including phenoxy) is 1. The van der Waals surface area contributed by atoms with Crippen LogP contribution in [0.25, 0.3) is 0 Å². The number of aliphatic hydroxyl groups excluding tert-OH is 4. The quantitative estimate of drug-likeness (QED) is 0.597. The van der Waals surface area contributed by atoms with Crippen molar-refractivity contribution < 1.29 is 29.6 Å². The SMILES string of the molecule is OCC1CCC(CO)O1.OCc1ccc(CO)o1. The highest BCUT2D eigenvalue weighted by molar-refractivity contribution is 5.04. The third-order valence-electron chi connectivity index (χ3n) is 2.63. The van der Waals surface area contributed by atoms with Crippen molar-refractivity contribution in [3.05, 3.63) is 23.7 Å².